The lowest BCUT2D eigenvalue weighted by Crippen LogP contribution is -2.50. The summed E-state index contributed by atoms with van der Waals surface area (Å²) >= 11 is 0. The number of carbonyl (C=O) groups is 3. The zero-order valence-corrected chi connectivity index (χ0v) is 29.4. The quantitative estimate of drug-likeness (QED) is 0.364. The molecule has 6 atom stereocenters. The number of carbonyl (C=O) groups excluding carboxylic acids is 3. The minimum absolute atomic E-state index is 0.0720. The molecule has 0 unspecified atom stereocenters. The molecule has 3 fully saturated rings. The second kappa shape index (κ2) is 17.0. The molecule has 49 heavy (non-hydrogen) atoms. The van der Waals surface area contributed by atoms with E-state index in [1.807, 2.05) is 57.0 Å². The van der Waals surface area contributed by atoms with Gasteiger partial charge in [0.25, 0.3) is 0 Å². The van der Waals surface area contributed by atoms with Crippen molar-refractivity contribution in [3.05, 3.63) is 47.3 Å². The highest BCUT2D eigenvalue weighted by atomic mass is 19.1. The number of piperazine rings is 2. The van der Waals surface area contributed by atoms with Gasteiger partial charge in [0.2, 0.25) is 5.91 Å². The number of cyclic esters (lactones) is 1. The molecule has 4 aliphatic rings. The van der Waals surface area contributed by atoms with E-state index in [4.69, 9.17) is 14.2 Å². The number of benzene rings is 1. The molecule has 4 heterocycles. The summed E-state index contributed by atoms with van der Waals surface area (Å²) in [5.74, 6) is -1.22. The average molecular weight is 685 g/mol. The van der Waals surface area contributed by atoms with Gasteiger partial charge in [-0.05, 0) is 74.6 Å². The molecule has 0 aliphatic carbocycles. The van der Waals surface area contributed by atoms with Crippen molar-refractivity contribution in [1.29, 1.82) is 0 Å². The Bertz CT molecular complexity index is 1370. The number of amides is 2. The normalized spacial score (nSPS) is 30.3. The molecule has 11 nitrogen and oxygen atoms in total. The van der Waals surface area contributed by atoms with Gasteiger partial charge < -0.3 is 38.9 Å². The van der Waals surface area contributed by atoms with E-state index >= 15 is 0 Å². The summed E-state index contributed by atoms with van der Waals surface area (Å²) in [4.78, 5) is 46.8. The molecular weight excluding hydrogens is 631 g/mol. The maximum absolute atomic E-state index is 15.0. The number of rotatable bonds is 5. The summed E-state index contributed by atoms with van der Waals surface area (Å²) in [5.41, 5.74) is 2.06. The van der Waals surface area contributed by atoms with Crippen molar-refractivity contribution in [3.8, 4) is 0 Å². The predicted molar refractivity (Wildman–Crippen MR) is 184 cm³/mol. The van der Waals surface area contributed by atoms with Gasteiger partial charge in [0.1, 0.15) is 18.0 Å². The van der Waals surface area contributed by atoms with Gasteiger partial charge in [-0.1, -0.05) is 26.0 Å². The van der Waals surface area contributed by atoms with E-state index in [9.17, 15) is 23.9 Å². The van der Waals surface area contributed by atoms with Crippen LogP contribution in [-0.4, -0.2) is 129 Å². The number of hydrogen-bond acceptors (Lipinski definition) is 9. The Kier molecular flexibility index (Phi) is 12.7. The minimum Gasteiger partial charge on any atom is -0.457 e. The number of ether oxygens (including phenoxy) is 3. The van der Waals surface area contributed by atoms with Crippen LogP contribution in [0.15, 0.2) is 35.9 Å². The fourth-order valence-corrected chi connectivity index (χ4v) is 7.01. The van der Waals surface area contributed by atoms with Crippen LogP contribution < -0.4 is 4.90 Å². The topological polar surface area (TPSA) is 112 Å². The Morgan fingerprint density at radius 2 is 1.67 bits per heavy atom. The van der Waals surface area contributed by atoms with Crippen LogP contribution in [0.25, 0.3) is 6.08 Å². The van der Waals surface area contributed by atoms with Crippen LogP contribution in [-0.2, 0) is 23.8 Å². The molecule has 270 valence electrons. The van der Waals surface area contributed by atoms with Gasteiger partial charge in [-0.2, -0.15) is 0 Å². The Morgan fingerprint density at radius 3 is 2.37 bits per heavy atom. The SMILES string of the molecule is C/C(=C\c1cc(F)cc(N2CCN(C(=O)[C@@H]3CCOC3)CC2)c1)[C@H]1OC(=O)C[C@H](O)CC[C@H](C)[C@@H](OC(=O)N2CCN(C)CC2)/C=C/[C@@H]1C. The molecule has 0 spiro atoms. The molecule has 0 bridgehead atoms. The van der Waals surface area contributed by atoms with E-state index in [0.717, 1.165) is 25.2 Å². The largest absolute Gasteiger partial charge is 0.457 e. The number of likely N-dealkylation sites (N-methyl/N-ethyl adjacent to an activating group) is 1. The summed E-state index contributed by atoms with van der Waals surface area (Å²) < 4.78 is 32.4. The lowest BCUT2D eigenvalue weighted by atomic mass is 9.91. The third-order valence-electron chi connectivity index (χ3n) is 10.2. The number of esters is 1. The van der Waals surface area contributed by atoms with Gasteiger partial charge in [0.05, 0.1) is 25.0 Å². The maximum atomic E-state index is 15.0. The highest BCUT2D eigenvalue weighted by Gasteiger charge is 2.31. The van der Waals surface area contributed by atoms with E-state index in [0.29, 0.717) is 76.5 Å². The lowest BCUT2D eigenvalue weighted by Gasteiger charge is -2.37. The van der Waals surface area contributed by atoms with Crippen molar-refractivity contribution in [1.82, 2.24) is 14.7 Å². The molecule has 12 heteroatoms. The predicted octanol–water partition coefficient (Wildman–Crippen LogP) is 3.95. The van der Waals surface area contributed by atoms with Crippen LogP contribution in [0, 0.1) is 23.6 Å². The maximum Gasteiger partial charge on any atom is 0.410 e. The Balaban J connectivity index is 1.30. The van der Waals surface area contributed by atoms with Gasteiger partial charge in [-0.15, -0.1) is 0 Å². The summed E-state index contributed by atoms with van der Waals surface area (Å²) in [5, 5.41) is 10.7. The standard InChI is InChI=1S/C37H53FN4O7/c1-25-5-7-32(43)23-34(44)49-35(26(2)6-8-33(25)48-37(46)42-12-10-39(4)11-13-42)27(3)19-28-20-30(38)22-31(21-28)40-14-16-41(17-15-40)36(45)29-9-18-47-24-29/h6,8,19-22,25-26,29,32-33,35,43H,5,7,9-18,23-24H2,1-4H3/b8-6+,27-19+/t25-,26-,29+,32+,33-,35-/m0/s1. The first-order valence-electron chi connectivity index (χ1n) is 17.8. The van der Waals surface area contributed by atoms with Crippen molar-refractivity contribution in [3.63, 3.8) is 0 Å². The Hall–Kier alpha value is -3.48. The van der Waals surface area contributed by atoms with Crippen LogP contribution in [0.2, 0.25) is 0 Å². The van der Waals surface area contributed by atoms with Crippen molar-refractivity contribution < 1.29 is 38.1 Å². The third-order valence-corrected chi connectivity index (χ3v) is 10.2. The molecule has 0 saturated carbocycles. The van der Waals surface area contributed by atoms with Crippen molar-refractivity contribution in [2.24, 2.45) is 17.8 Å². The number of hydrogen-bond donors (Lipinski definition) is 1. The first-order valence-corrected chi connectivity index (χ1v) is 17.8. The summed E-state index contributed by atoms with van der Waals surface area (Å²) in [6.45, 7) is 11.9. The fraction of sp³-hybridized carbons (Fsp3) is 0.649. The molecule has 1 aromatic carbocycles. The Morgan fingerprint density at radius 1 is 0.959 bits per heavy atom. The van der Waals surface area contributed by atoms with Gasteiger partial charge in [0, 0.05) is 70.6 Å². The zero-order valence-electron chi connectivity index (χ0n) is 29.4. The van der Waals surface area contributed by atoms with Crippen LogP contribution in [0.4, 0.5) is 14.9 Å². The molecule has 3 saturated heterocycles. The van der Waals surface area contributed by atoms with Crippen molar-refractivity contribution in [2.45, 2.75) is 64.8 Å². The van der Waals surface area contributed by atoms with E-state index in [2.05, 4.69) is 9.80 Å². The van der Waals surface area contributed by atoms with Crippen LogP contribution in [0.1, 0.15) is 52.0 Å². The molecule has 0 aromatic heterocycles. The van der Waals surface area contributed by atoms with Crippen molar-refractivity contribution >= 4 is 29.7 Å². The first kappa shape index (κ1) is 36.8. The molecule has 1 aromatic rings. The molecule has 4 aliphatic heterocycles. The van der Waals surface area contributed by atoms with Crippen LogP contribution in [0.3, 0.4) is 0 Å². The molecule has 1 N–H and O–H groups in total. The highest BCUT2D eigenvalue weighted by Crippen LogP contribution is 2.28. The Labute approximate surface area is 289 Å². The highest BCUT2D eigenvalue weighted by molar-refractivity contribution is 5.79. The van der Waals surface area contributed by atoms with Crippen LogP contribution >= 0.6 is 0 Å². The molecule has 2 amide bonds. The van der Waals surface area contributed by atoms with E-state index in [-0.39, 0.29) is 42.0 Å². The molecule has 0 radical (unpaired) electrons. The summed E-state index contributed by atoms with van der Waals surface area (Å²) in [6.07, 6.45) is 4.70. The second-order valence-electron chi connectivity index (χ2n) is 14.2. The van der Waals surface area contributed by atoms with Gasteiger partial charge in [-0.3, -0.25) is 9.59 Å². The monoisotopic (exact) mass is 684 g/mol. The van der Waals surface area contributed by atoms with Gasteiger partial charge in [-0.25, -0.2) is 9.18 Å². The van der Waals surface area contributed by atoms with Crippen molar-refractivity contribution in [2.75, 3.05) is 77.5 Å². The molecular formula is C37H53FN4O7. The summed E-state index contributed by atoms with van der Waals surface area (Å²) in [7, 11) is 2.03. The van der Waals surface area contributed by atoms with Crippen LogP contribution in [0.5, 0.6) is 0 Å². The number of anilines is 1. The lowest BCUT2D eigenvalue weighted by molar-refractivity contribution is -0.151. The zero-order chi connectivity index (χ0) is 35.1. The van der Waals surface area contributed by atoms with E-state index in [1.54, 1.807) is 4.90 Å². The molecule has 5 rings (SSSR count). The van der Waals surface area contributed by atoms with Gasteiger partial charge >= 0.3 is 12.1 Å². The fourth-order valence-electron chi connectivity index (χ4n) is 7.01. The number of nitrogens with zero attached hydrogens (tertiary/aromatic N) is 4. The third kappa shape index (κ3) is 10.0. The van der Waals surface area contributed by atoms with Gasteiger partial charge in [0.15, 0.2) is 0 Å². The summed E-state index contributed by atoms with van der Waals surface area (Å²) in [6, 6.07) is 4.86. The second-order valence-corrected chi connectivity index (χ2v) is 14.2. The first-order chi connectivity index (χ1) is 23.5. The number of aliphatic hydroxyl groups is 1. The number of halogens is 1. The van der Waals surface area contributed by atoms with E-state index in [1.165, 1.54) is 12.1 Å². The average Bonchev–Trinajstić information content (AvgIpc) is 3.62. The smallest absolute Gasteiger partial charge is 0.410 e. The number of aliphatic hydroxyl groups excluding tert-OH is 1. The van der Waals surface area contributed by atoms with E-state index < -0.39 is 24.3 Å². The minimum atomic E-state index is -0.888.